The Morgan fingerprint density at radius 2 is 2.29 bits per heavy atom. The van der Waals surface area contributed by atoms with Crippen molar-refractivity contribution in [3.8, 4) is 0 Å². The molecular weight excluding hydrogens is 300 g/mol. The fourth-order valence-electron chi connectivity index (χ4n) is 2.87. The van der Waals surface area contributed by atoms with Crippen LogP contribution in [-0.4, -0.2) is 19.3 Å². The average molecular weight is 320 g/mol. The predicted molar refractivity (Wildman–Crippen MR) is 90.6 cm³/mol. The standard InChI is InChI=1S/C15H20N4S2/c1-4-6-12-13-14(18(3)17-12)19(15(20)16-13)10(2)9-11-7-5-8-21-11/h5,7-8,10H,4,6,9H2,1-3H3,(H,16,20). The maximum atomic E-state index is 5.55. The third-order valence-electron chi connectivity index (χ3n) is 3.77. The van der Waals surface area contributed by atoms with E-state index >= 15 is 0 Å². The van der Waals surface area contributed by atoms with Gasteiger partial charge in [-0.2, -0.15) is 5.10 Å². The molecule has 6 heteroatoms. The number of fused-ring (bicyclic) bond motifs is 1. The van der Waals surface area contributed by atoms with Crippen LogP contribution in [-0.2, 0) is 19.9 Å². The van der Waals surface area contributed by atoms with E-state index < -0.39 is 0 Å². The Morgan fingerprint density at radius 3 is 2.95 bits per heavy atom. The van der Waals surface area contributed by atoms with Gasteiger partial charge in [0.1, 0.15) is 5.52 Å². The number of rotatable bonds is 5. The molecule has 0 aliphatic rings. The molecule has 0 bridgehead atoms. The van der Waals surface area contributed by atoms with Gasteiger partial charge in [0, 0.05) is 24.4 Å². The number of hydrogen-bond donors (Lipinski definition) is 1. The van der Waals surface area contributed by atoms with E-state index in [1.54, 1.807) is 11.3 Å². The third kappa shape index (κ3) is 2.58. The Bertz CT molecular complexity index is 792. The van der Waals surface area contributed by atoms with Crippen LogP contribution < -0.4 is 0 Å². The van der Waals surface area contributed by atoms with Gasteiger partial charge in [0.05, 0.1) is 5.69 Å². The Kier molecular flexibility index (Phi) is 3.99. The van der Waals surface area contributed by atoms with E-state index in [2.05, 4.69) is 46.0 Å². The van der Waals surface area contributed by atoms with Crippen molar-refractivity contribution < 1.29 is 0 Å². The topological polar surface area (TPSA) is 38.5 Å². The second kappa shape index (κ2) is 5.77. The molecule has 3 aromatic rings. The molecule has 3 heterocycles. The first-order valence-electron chi connectivity index (χ1n) is 7.30. The highest BCUT2D eigenvalue weighted by atomic mass is 32.1. The lowest BCUT2D eigenvalue weighted by Crippen LogP contribution is -2.10. The van der Waals surface area contributed by atoms with E-state index in [-0.39, 0.29) is 0 Å². The van der Waals surface area contributed by atoms with E-state index in [9.17, 15) is 0 Å². The Balaban J connectivity index is 2.05. The number of nitrogens with one attached hydrogen (secondary N) is 1. The molecule has 0 aliphatic heterocycles. The van der Waals surface area contributed by atoms with Gasteiger partial charge >= 0.3 is 0 Å². The van der Waals surface area contributed by atoms with Crippen LogP contribution in [0.1, 0.15) is 36.9 Å². The fraction of sp³-hybridized carbons (Fsp3) is 0.467. The maximum absolute atomic E-state index is 5.55. The van der Waals surface area contributed by atoms with Crippen LogP contribution in [0.4, 0.5) is 0 Å². The summed E-state index contributed by atoms with van der Waals surface area (Å²) >= 11 is 7.35. The Hall–Kier alpha value is -1.40. The maximum Gasteiger partial charge on any atom is 0.179 e. The molecule has 3 rings (SSSR count). The molecule has 1 N–H and O–H groups in total. The van der Waals surface area contributed by atoms with E-state index in [0.29, 0.717) is 6.04 Å². The lowest BCUT2D eigenvalue weighted by atomic mass is 10.2. The van der Waals surface area contributed by atoms with Crippen LogP contribution in [0.25, 0.3) is 11.2 Å². The Labute approximate surface area is 133 Å². The molecule has 4 nitrogen and oxygen atoms in total. The Morgan fingerprint density at radius 1 is 1.48 bits per heavy atom. The van der Waals surface area contributed by atoms with E-state index in [1.807, 2.05) is 11.7 Å². The average Bonchev–Trinajstić information content (AvgIpc) is 3.10. The largest absolute Gasteiger partial charge is 0.328 e. The number of imidazole rings is 1. The zero-order valence-corrected chi connectivity index (χ0v) is 14.2. The van der Waals surface area contributed by atoms with Crippen molar-refractivity contribution >= 4 is 34.7 Å². The van der Waals surface area contributed by atoms with Crippen LogP contribution >= 0.6 is 23.6 Å². The quantitative estimate of drug-likeness (QED) is 0.714. The molecule has 0 saturated heterocycles. The molecule has 112 valence electrons. The van der Waals surface area contributed by atoms with Gasteiger partial charge in [-0.15, -0.1) is 11.3 Å². The fourth-order valence-corrected chi connectivity index (χ4v) is 4.06. The zero-order chi connectivity index (χ0) is 15.0. The van der Waals surface area contributed by atoms with Crippen molar-refractivity contribution in [2.75, 3.05) is 0 Å². The number of aryl methyl sites for hydroxylation is 2. The summed E-state index contributed by atoms with van der Waals surface area (Å²) < 4.78 is 4.95. The first-order valence-corrected chi connectivity index (χ1v) is 8.59. The van der Waals surface area contributed by atoms with Crippen LogP contribution in [0.2, 0.25) is 0 Å². The lowest BCUT2D eigenvalue weighted by molar-refractivity contribution is 0.542. The molecule has 0 aliphatic carbocycles. The SMILES string of the molecule is CCCc1nn(C)c2c1[nH]c(=S)n2C(C)Cc1cccs1. The smallest absolute Gasteiger partial charge is 0.179 e. The van der Waals surface area contributed by atoms with Crippen molar-refractivity contribution in [1.29, 1.82) is 0 Å². The van der Waals surface area contributed by atoms with Gasteiger partial charge in [-0.25, -0.2) is 0 Å². The molecule has 21 heavy (non-hydrogen) atoms. The molecule has 0 amide bonds. The van der Waals surface area contributed by atoms with Crippen LogP contribution in [0.5, 0.6) is 0 Å². The minimum absolute atomic E-state index is 0.315. The number of H-pyrrole nitrogens is 1. The summed E-state index contributed by atoms with van der Waals surface area (Å²) in [6, 6.07) is 4.59. The van der Waals surface area contributed by atoms with Gasteiger partial charge in [0.25, 0.3) is 0 Å². The molecule has 1 atom stereocenters. The number of aromatic amines is 1. The summed E-state index contributed by atoms with van der Waals surface area (Å²) in [5.41, 5.74) is 3.32. The third-order valence-corrected chi connectivity index (χ3v) is 4.97. The van der Waals surface area contributed by atoms with Crippen molar-refractivity contribution in [1.82, 2.24) is 19.3 Å². The summed E-state index contributed by atoms with van der Waals surface area (Å²) in [5, 5.41) is 6.76. The van der Waals surface area contributed by atoms with Crippen molar-refractivity contribution in [3.05, 3.63) is 32.9 Å². The van der Waals surface area contributed by atoms with Crippen LogP contribution in [0, 0.1) is 4.77 Å². The zero-order valence-electron chi connectivity index (χ0n) is 12.6. The van der Waals surface area contributed by atoms with Gasteiger partial charge in [-0.3, -0.25) is 9.25 Å². The summed E-state index contributed by atoms with van der Waals surface area (Å²) in [6.07, 6.45) is 3.06. The van der Waals surface area contributed by atoms with Gasteiger partial charge < -0.3 is 4.98 Å². The molecule has 1 unspecified atom stereocenters. The van der Waals surface area contributed by atoms with Gasteiger partial charge in [-0.05, 0) is 37.0 Å². The number of nitrogens with zero attached hydrogens (tertiary/aromatic N) is 3. The number of thiophene rings is 1. The molecule has 0 radical (unpaired) electrons. The minimum atomic E-state index is 0.315. The van der Waals surface area contributed by atoms with Gasteiger partial charge in [0.15, 0.2) is 10.4 Å². The second-order valence-corrected chi connectivity index (χ2v) is 6.87. The number of aromatic nitrogens is 4. The molecule has 0 saturated carbocycles. The minimum Gasteiger partial charge on any atom is -0.328 e. The van der Waals surface area contributed by atoms with Crippen LogP contribution in [0.3, 0.4) is 0 Å². The van der Waals surface area contributed by atoms with E-state index in [1.165, 1.54) is 4.88 Å². The summed E-state index contributed by atoms with van der Waals surface area (Å²) in [4.78, 5) is 4.74. The molecule has 0 aromatic carbocycles. The molecule has 3 aromatic heterocycles. The lowest BCUT2D eigenvalue weighted by Gasteiger charge is -2.13. The first kappa shape index (κ1) is 14.5. The summed E-state index contributed by atoms with van der Waals surface area (Å²) in [6.45, 7) is 4.39. The van der Waals surface area contributed by atoms with Crippen LogP contribution in [0.15, 0.2) is 17.5 Å². The van der Waals surface area contributed by atoms with E-state index in [4.69, 9.17) is 12.2 Å². The van der Waals surface area contributed by atoms with Crippen molar-refractivity contribution in [2.45, 2.75) is 39.2 Å². The first-order chi connectivity index (χ1) is 10.1. The van der Waals surface area contributed by atoms with Gasteiger partial charge in [0.2, 0.25) is 0 Å². The molecule has 0 fully saturated rings. The highest BCUT2D eigenvalue weighted by Crippen LogP contribution is 2.25. The second-order valence-electron chi connectivity index (χ2n) is 5.45. The van der Waals surface area contributed by atoms with Crippen molar-refractivity contribution in [3.63, 3.8) is 0 Å². The predicted octanol–water partition coefficient (Wildman–Crippen LogP) is 4.25. The molecule has 0 spiro atoms. The molecular formula is C15H20N4S2. The summed E-state index contributed by atoms with van der Waals surface area (Å²) in [5.74, 6) is 0. The monoisotopic (exact) mass is 320 g/mol. The summed E-state index contributed by atoms with van der Waals surface area (Å²) in [7, 11) is 2.00. The van der Waals surface area contributed by atoms with E-state index in [0.717, 1.165) is 40.9 Å². The highest BCUT2D eigenvalue weighted by molar-refractivity contribution is 7.71. The number of hydrogen-bond acceptors (Lipinski definition) is 3. The van der Waals surface area contributed by atoms with Crippen molar-refractivity contribution in [2.24, 2.45) is 7.05 Å². The normalized spacial score (nSPS) is 13.1. The highest BCUT2D eigenvalue weighted by Gasteiger charge is 2.18. The van der Waals surface area contributed by atoms with Gasteiger partial charge in [-0.1, -0.05) is 19.4 Å².